The molecule has 0 heterocycles. The molecule has 0 aliphatic heterocycles. The van der Waals surface area contributed by atoms with Gasteiger partial charge in [0, 0.05) is 0 Å². The number of ether oxygens (including phenoxy) is 3. The van der Waals surface area contributed by atoms with Gasteiger partial charge >= 0.3 is 0 Å². The van der Waals surface area contributed by atoms with Gasteiger partial charge in [-0.25, -0.2) is 0 Å². The van der Waals surface area contributed by atoms with E-state index >= 15 is 0 Å². The summed E-state index contributed by atoms with van der Waals surface area (Å²) in [4.78, 5) is 0. The van der Waals surface area contributed by atoms with Crippen LogP contribution in [0.2, 0.25) is 6.32 Å². The number of hydrogen-bond donors (Lipinski definition) is 0. The van der Waals surface area contributed by atoms with E-state index in [1.54, 1.807) is 21.3 Å². The molecule has 3 rings (SSSR count). The summed E-state index contributed by atoms with van der Waals surface area (Å²) < 4.78 is 17.4. The normalized spacial score (nSPS) is 11.4. The van der Waals surface area contributed by atoms with Gasteiger partial charge < -0.3 is 18.7 Å². The van der Waals surface area contributed by atoms with E-state index in [4.69, 9.17) is 14.2 Å². The van der Waals surface area contributed by atoms with Gasteiger partial charge in [-0.05, 0) is 36.4 Å². The molecular weight excluding hydrogens is 469 g/mol. The maximum atomic E-state index is 5.46. The number of quaternary nitrogens is 1. The molecule has 4 nitrogen and oxygen atoms in total. The second-order valence-corrected chi connectivity index (χ2v) is 11.6. The minimum absolute atomic E-state index is 0.882. The predicted molar refractivity (Wildman–Crippen MR) is 166 cm³/mol. The molecule has 0 spiro atoms. The Kier molecular flexibility index (Phi) is 12.8. The molecule has 0 unspecified atom stereocenters. The fraction of sp³-hybridized carbons (Fsp3) is 0.455. The Morgan fingerprint density at radius 3 is 1.08 bits per heavy atom. The van der Waals surface area contributed by atoms with Gasteiger partial charge in [0.2, 0.25) is 0 Å². The number of unbranched alkanes of at least 4 members (excludes halogenated alkanes) is 5. The molecule has 3 aromatic rings. The zero-order valence-electron chi connectivity index (χ0n) is 25.1. The summed E-state index contributed by atoms with van der Waals surface area (Å²) >= 11 is 0. The van der Waals surface area contributed by atoms with E-state index in [1.165, 1.54) is 54.9 Å². The summed E-state index contributed by atoms with van der Waals surface area (Å²) in [5.41, 5.74) is 4.00. The Balaban J connectivity index is 0.000000926. The molecule has 0 saturated carbocycles. The summed E-state index contributed by atoms with van der Waals surface area (Å²) in [6, 6.07) is 25.9. The molecule has 0 aliphatic carbocycles. The highest BCUT2D eigenvalue weighted by Crippen LogP contribution is 2.22. The van der Waals surface area contributed by atoms with Crippen LogP contribution in [-0.2, 0) is 0 Å². The second kappa shape index (κ2) is 15.5. The van der Waals surface area contributed by atoms with Crippen LogP contribution in [0.15, 0.2) is 72.8 Å². The molecule has 0 bridgehead atoms. The van der Waals surface area contributed by atoms with Crippen LogP contribution in [0, 0.1) is 0 Å². The fourth-order valence-corrected chi connectivity index (χ4v) is 5.11. The van der Waals surface area contributed by atoms with Crippen molar-refractivity contribution < 1.29 is 18.7 Å². The molecule has 0 fully saturated rings. The molecule has 38 heavy (non-hydrogen) atoms. The van der Waals surface area contributed by atoms with Crippen molar-refractivity contribution in [3.05, 3.63) is 72.8 Å². The smallest absolute Gasteiger partial charge is 0.118 e. The average Bonchev–Trinajstić information content (AvgIpc) is 2.92. The number of hydrogen-bond acceptors (Lipinski definition) is 3. The number of benzene rings is 3. The molecule has 0 amide bonds. The van der Waals surface area contributed by atoms with E-state index in [2.05, 4.69) is 108 Å². The quantitative estimate of drug-likeness (QED) is 0.161. The van der Waals surface area contributed by atoms with Crippen LogP contribution in [0.1, 0.15) is 45.4 Å². The topological polar surface area (TPSA) is 27.7 Å². The van der Waals surface area contributed by atoms with Crippen molar-refractivity contribution in [1.82, 2.24) is 0 Å². The lowest BCUT2D eigenvalue weighted by Crippen LogP contribution is -2.66. The Labute approximate surface area is 232 Å². The van der Waals surface area contributed by atoms with Crippen LogP contribution in [0.3, 0.4) is 0 Å². The fourth-order valence-electron chi connectivity index (χ4n) is 5.11. The molecule has 208 valence electrons. The molecule has 5 heteroatoms. The second-order valence-electron chi connectivity index (χ2n) is 11.6. The molecule has 0 N–H and O–H groups in total. The van der Waals surface area contributed by atoms with Crippen molar-refractivity contribution in [2.45, 2.75) is 51.8 Å². The molecule has 3 aromatic carbocycles. The van der Waals surface area contributed by atoms with Crippen molar-refractivity contribution in [3.8, 4) is 17.2 Å². The molecule has 0 aliphatic rings. The minimum Gasteiger partial charge on any atom is -0.497 e. The number of methoxy groups -OCH3 is 3. The molecule has 0 aromatic heterocycles. The lowest BCUT2D eigenvalue weighted by Gasteiger charge is -2.43. The zero-order chi connectivity index (χ0) is 28.0. The van der Waals surface area contributed by atoms with Gasteiger partial charge in [-0.1, -0.05) is 81.8 Å². The van der Waals surface area contributed by atoms with Crippen LogP contribution >= 0.6 is 0 Å². The average molecular weight is 520 g/mol. The van der Waals surface area contributed by atoms with Gasteiger partial charge in [-0.2, -0.15) is 22.7 Å². The third kappa shape index (κ3) is 9.43. The monoisotopic (exact) mass is 519 g/mol. The Morgan fingerprint density at radius 1 is 0.500 bits per heavy atom. The first-order chi connectivity index (χ1) is 18.2. The highest BCUT2D eigenvalue weighted by molar-refractivity contribution is 7.11. The van der Waals surface area contributed by atoms with Gasteiger partial charge in [-0.15, -0.1) is 0 Å². The van der Waals surface area contributed by atoms with E-state index in [9.17, 15) is 0 Å². The van der Waals surface area contributed by atoms with Crippen LogP contribution in [0.5, 0.6) is 17.2 Å². The Hall–Kier alpha value is -2.92. The third-order valence-corrected chi connectivity index (χ3v) is 7.05. The first-order valence-corrected chi connectivity index (χ1v) is 14.1. The van der Waals surface area contributed by atoms with Gasteiger partial charge in [-0.3, -0.25) is 0 Å². The highest BCUT2D eigenvalue weighted by Gasteiger charge is 2.29. The van der Waals surface area contributed by atoms with Crippen LogP contribution < -0.4 is 30.6 Å². The lowest BCUT2D eigenvalue weighted by molar-refractivity contribution is -0.849. The maximum absolute atomic E-state index is 5.46. The summed E-state index contributed by atoms with van der Waals surface area (Å²) in [6.45, 7) is 2.27. The Bertz CT molecular complexity index is 920. The van der Waals surface area contributed by atoms with E-state index in [1.807, 2.05) is 0 Å². The van der Waals surface area contributed by atoms with E-state index in [0.717, 1.165) is 28.1 Å². The minimum atomic E-state index is -1.17. The molecule has 0 radical (unpaired) electrons. The van der Waals surface area contributed by atoms with Crippen molar-refractivity contribution >= 4 is 22.5 Å². The van der Waals surface area contributed by atoms with Crippen molar-refractivity contribution in [3.63, 3.8) is 0 Å². The van der Waals surface area contributed by atoms with E-state index < -0.39 is 6.15 Å². The maximum Gasteiger partial charge on any atom is 0.118 e. The molecule has 0 saturated heterocycles. The van der Waals surface area contributed by atoms with Gasteiger partial charge in [0.1, 0.15) is 17.2 Å². The van der Waals surface area contributed by atoms with Crippen LogP contribution in [0.25, 0.3) is 0 Å². The number of nitrogens with zero attached hydrogens (tertiary/aromatic N) is 1. The largest absolute Gasteiger partial charge is 0.497 e. The molecule has 0 atom stereocenters. The first kappa shape index (κ1) is 31.3. The summed E-state index contributed by atoms with van der Waals surface area (Å²) in [5, 5.41) is 0. The summed E-state index contributed by atoms with van der Waals surface area (Å²) in [5.74, 6) is 2.65. The van der Waals surface area contributed by atoms with Gasteiger partial charge in [0.25, 0.3) is 0 Å². The first-order valence-electron chi connectivity index (χ1n) is 14.1. The van der Waals surface area contributed by atoms with Crippen molar-refractivity contribution in [2.24, 2.45) is 0 Å². The Morgan fingerprint density at radius 2 is 0.789 bits per heavy atom. The molecular formula is C33H50BNO3. The van der Waals surface area contributed by atoms with Crippen molar-refractivity contribution in [2.75, 3.05) is 49.5 Å². The van der Waals surface area contributed by atoms with Gasteiger partial charge in [0.05, 0.1) is 55.7 Å². The SMILES string of the molecule is CCCCCCCC[B-](c1ccc(OC)cc1)(c1ccc(OC)cc1)c1ccc(OC)cc1.C[N+](C)(C)C. The van der Waals surface area contributed by atoms with Gasteiger partial charge in [0.15, 0.2) is 0 Å². The van der Waals surface area contributed by atoms with Crippen LogP contribution in [0.4, 0.5) is 0 Å². The standard InChI is InChI=1S/C29H38BO3.C4H12N/c1-5-6-7-8-9-10-23-30(24-11-17-27(31-2)18-12-24,25-13-19-28(32-3)20-14-25)26-15-21-29(33-4)22-16-26;1-5(2,3)4/h11-22H,5-10,23H2,1-4H3;1-4H3/q-1;+1. The third-order valence-electron chi connectivity index (χ3n) is 7.05. The summed E-state index contributed by atoms with van der Waals surface area (Å²) in [6.07, 6.45) is 7.59. The predicted octanol–water partition coefficient (Wildman–Crippen LogP) is 5.87. The van der Waals surface area contributed by atoms with E-state index in [-0.39, 0.29) is 0 Å². The van der Waals surface area contributed by atoms with Crippen LogP contribution in [-0.4, -0.2) is 60.1 Å². The highest BCUT2D eigenvalue weighted by atomic mass is 16.5. The zero-order valence-corrected chi connectivity index (χ0v) is 25.1. The summed E-state index contributed by atoms with van der Waals surface area (Å²) in [7, 11) is 13.7. The van der Waals surface area contributed by atoms with E-state index in [0.29, 0.717) is 0 Å². The number of rotatable bonds is 13. The lowest BCUT2D eigenvalue weighted by atomic mass is 9.14. The van der Waals surface area contributed by atoms with Crippen molar-refractivity contribution in [1.29, 1.82) is 0 Å².